The van der Waals surface area contributed by atoms with E-state index in [2.05, 4.69) is 4.98 Å². The van der Waals surface area contributed by atoms with Crippen molar-refractivity contribution < 1.29 is 9.13 Å². The van der Waals surface area contributed by atoms with Gasteiger partial charge in [-0.1, -0.05) is 25.7 Å². The highest BCUT2D eigenvalue weighted by molar-refractivity contribution is 5.13. The third-order valence-corrected chi connectivity index (χ3v) is 3.32. The van der Waals surface area contributed by atoms with Crippen molar-refractivity contribution in [3.63, 3.8) is 0 Å². The molecule has 1 aliphatic carbocycles. The van der Waals surface area contributed by atoms with Crippen LogP contribution in [0.3, 0.4) is 0 Å². The van der Waals surface area contributed by atoms with E-state index in [1.807, 2.05) is 0 Å². The quantitative estimate of drug-likeness (QED) is 0.823. The molecule has 1 aromatic rings. The molecule has 0 amide bonds. The summed E-state index contributed by atoms with van der Waals surface area (Å²) in [4.78, 5) is 3.86. The number of hydrogen-bond donors (Lipinski definition) is 1. The van der Waals surface area contributed by atoms with Crippen LogP contribution in [-0.2, 0) is 0 Å². The van der Waals surface area contributed by atoms with Crippen LogP contribution < -0.4 is 10.5 Å². The Morgan fingerprint density at radius 2 is 2.00 bits per heavy atom. The number of nitrogens with two attached hydrogens (primary N) is 1. The largest absolute Gasteiger partial charge is 0.474 e. The van der Waals surface area contributed by atoms with Crippen molar-refractivity contribution in [3.05, 3.63) is 24.1 Å². The predicted octanol–water partition coefficient (Wildman–Crippen LogP) is 2.65. The molecule has 2 N–H and O–H groups in total. The van der Waals surface area contributed by atoms with E-state index in [1.165, 1.54) is 25.1 Å². The Bertz CT molecular complexity index is 362. The molecule has 2 rings (SSSR count). The predicted molar refractivity (Wildman–Crippen MR) is 64.3 cm³/mol. The normalized spacial score (nSPS) is 19.6. The molecule has 0 bridgehead atoms. The number of pyridine rings is 1. The Balaban J connectivity index is 1.94. The van der Waals surface area contributed by atoms with Crippen LogP contribution in [0.4, 0.5) is 4.39 Å². The van der Waals surface area contributed by atoms with Crippen LogP contribution in [0.5, 0.6) is 5.88 Å². The minimum atomic E-state index is -0.426. The van der Waals surface area contributed by atoms with Gasteiger partial charge in [0.1, 0.15) is 6.61 Å². The van der Waals surface area contributed by atoms with Crippen molar-refractivity contribution in [1.82, 2.24) is 4.98 Å². The first-order chi connectivity index (χ1) is 8.20. The molecule has 1 aromatic heterocycles. The third-order valence-electron chi connectivity index (χ3n) is 3.32. The molecule has 1 fully saturated rings. The molecule has 0 saturated heterocycles. The van der Waals surface area contributed by atoms with Crippen LogP contribution in [0.1, 0.15) is 38.5 Å². The lowest BCUT2D eigenvalue weighted by Crippen LogP contribution is -2.45. The highest BCUT2D eigenvalue weighted by Crippen LogP contribution is 2.26. The Hall–Kier alpha value is -1.16. The minimum Gasteiger partial charge on any atom is -0.474 e. The SMILES string of the molecule is NC1(COc2ncccc2F)CCCCCC1. The summed E-state index contributed by atoms with van der Waals surface area (Å²) in [6.45, 7) is 0.348. The molecule has 1 saturated carbocycles. The molecule has 0 radical (unpaired) electrons. The van der Waals surface area contributed by atoms with Crippen LogP contribution in [0.15, 0.2) is 18.3 Å². The fourth-order valence-electron chi connectivity index (χ4n) is 2.27. The molecule has 94 valence electrons. The average Bonchev–Trinajstić information content (AvgIpc) is 2.54. The first kappa shape index (κ1) is 12.3. The Kier molecular flexibility index (Phi) is 3.94. The minimum absolute atomic E-state index is 0.0570. The van der Waals surface area contributed by atoms with E-state index in [-0.39, 0.29) is 11.4 Å². The van der Waals surface area contributed by atoms with Gasteiger partial charge in [-0.25, -0.2) is 9.37 Å². The Labute approximate surface area is 101 Å². The number of halogens is 1. The van der Waals surface area contributed by atoms with Crippen LogP contribution in [0, 0.1) is 5.82 Å². The first-order valence-corrected chi connectivity index (χ1v) is 6.22. The van der Waals surface area contributed by atoms with Gasteiger partial charge >= 0.3 is 0 Å². The van der Waals surface area contributed by atoms with Gasteiger partial charge in [-0.05, 0) is 25.0 Å². The number of ether oxygens (including phenoxy) is 1. The van der Waals surface area contributed by atoms with E-state index in [0.717, 1.165) is 25.7 Å². The van der Waals surface area contributed by atoms with Gasteiger partial charge in [0.05, 0.1) is 5.54 Å². The maximum absolute atomic E-state index is 13.3. The Morgan fingerprint density at radius 3 is 2.65 bits per heavy atom. The molecule has 1 heterocycles. The van der Waals surface area contributed by atoms with Crippen LogP contribution in [0.25, 0.3) is 0 Å². The highest BCUT2D eigenvalue weighted by atomic mass is 19.1. The van der Waals surface area contributed by atoms with Gasteiger partial charge in [0.25, 0.3) is 0 Å². The lowest BCUT2D eigenvalue weighted by molar-refractivity contribution is 0.186. The molecule has 3 nitrogen and oxygen atoms in total. The van der Waals surface area contributed by atoms with E-state index in [0.29, 0.717) is 6.61 Å². The first-order valence-electron chi connectivity index (χ1n) is 6.22. The van der Waals surface area contributed by atoms with E-state index in [9.17, 15) is 4.39 Å². The lowest BCUT2D eigenvalue weighted by atomic mass is 9.93. The molecule has 4 heteroatoms. The molecule has 0 spiro atoms. The maximum atomic E-state index is 13.3. The molecular weight excluding hydrogens is 219 g/mol. The van der Waals surface area contributed by atoms with Gasteiger partial charge in [0.15, 0.2) is 5.82 Å². The van der Waals surface area contributed by atoms with Crippen molar-refractivity contribution in [2.24, 2.45) is 5.73 Å². The number of hydrogen-bond acceptors (Lipinski definition) is 3. The summed E-state index contributed by atoms with van der Waals surface area (Å²) in [7, 11) is 0. The van der Waals surface area contributed by atoms with E-state index in [1.54, 1.807) is 6.07 Å². The zero-order chi connectivity index (χ0) is 12.1. The maximum Gasteiger partial charge on any atom is 0.250 e. The fourth-order valence-corrected chi connectivity index (χ4v) is 2.27. The van der Waals surface area contributed by atoms with Gasteiger partial charge in [0.2, 0.25) is 5.88 Å². The summed E-state index contributed by atoms with van der Waals surface area (Å²) >= 11 is 0. The summed E-state index contributed by atoms with van der Waals surface area (Å²) in [5.41, 5.74) is 5.96. The van der Waals surface area contributed by atoms with Crippen molar-refractivity contribution in [1.29, 1.82) is 0 Å². The van der Waals surface area contributed by atoms with Gasteiger partial charge < -0.3 is 10.5 Å². The fraction of sp³-hybridized carbons (Fsp3) is 0.615. The topological polar surface area (TPSA) is 48.1 Å². The number of aromatic nitrogens is 1. The Morgan fingerprint density at radius 1 is 1.29 bits per heavy atom. The molecular formula is C13H19FN2O. The zero-order valence-electron chi connectivity index (χ0n) is 9.99. The van der Waals surface area contributed by atoms with Gasteiger partial charge in [-0.2, -0.15) is 0 Å². The van der Waals surface area contributed by atoms with E-state index < -0.39 is 5.82 Å². The molecule has 0 atom stereocenters. The van der Waals surface area contributed by atoms with Crippen molar-refractivity contribution in [2.75, 3.05) is 6.61 Å². The second-order valence-electron chi connectivity index (χ2n) is 4.86. The average molecular weight is 238 g/mol. The van der Waals surface area contributed by atoms with Gasteiger partial charge in [-0.15, -0.1) is 0 Å². The molecule has 1 aliphatic rings. The standard InChI is InChI=1S/C13H19FN2O/c14-11-6-5-9-16-12(11)17-10-13(15)7-3-1-2-4-8-13/h5-6,9H,1-4,7-8,10,15H2. The monoisotopic (exact) mass is 238 g/mol. The number of rotatable bonds is 3. The van der Waals surface area contributed by atoms with E-state index in [4.69, 9.17) is 10.5 Å². The van der Waals surface area contributed by atoms with Crippen molar-refractivity contribution >= 4 is 0 Å². The van der Waals surface area contributed by atoms with Crippen molar-refractivity contribution in [2.45, 2.75) is 44.1 Å². The molecule has 17 heavy (non-hydrogen) atoms. The summed E-state index contributed by atoms with van der Waals surface area (Å²) in [6.07, 6.45) is 8.14. The summed E-state index contributed by atoms with van der Waals surface area (Å²) < 4.78 is 18.7. The molecule has 0 unspecified atom stereocenters. The van der Waals surface area contributed by atoms with Gasteiger partial charge in [-0.3, -0.25) is 0 Å². The van der Waals surface area contributed by atoms with E-state index >= 15 is 0 Å². The molecule has 0 aliphatic heterocycles. The molecule has 0 aromatic carbocycles. The van der Waals surface area contributed by atoms with Gasteiger partial charge in [0, 0.05) is 6.20 Å². The summed E-state index contributed by atoms with van der Waals surface area (Å²) in [5, 5.41) is 0. The highest BCUT2D eigenvalue weighted by Gasteiger charge is 2.27. The lowest BCUT2D eigenvalue weighted by Gasteiger charge is -2.27. The second-order valence-corrected chi connectivity index (χ2v) is 4.86. The number of nitrogens with zero attached hydrogens (tertiary/aromatic N) is 1. The van der Waals surface area contributed by atoms with Crippen LogP contribution in [-0.4, -0.2) is 17.1 Å². The van der Waals surface area contributed by atoms with Crippen LogP contribution in [0.2, 0.25) is 0 Å². The summed E-state index contributed by atoms with van der Waals surface area (Å²) in [5.74, 6) is -0.369. The summed E-state index contributed by atoms with van der Waals surface area (Å²) in [6, 6.07) is 2.89. The second kappa shape index (κ2) is 5.45. The zero-order valence-corrected chi connectivity index (χ0v) is 9.99. The van der Waals surface area contributed by atoms with Crippen molar-refractivity contribution in [3.8, 4) is 5.88 Å². The third kappa shape index (κ3) is 3.40. The van der Waals surface area contributed by atoms with Crippen LogP contribution >= 0.6 is 0 Å². The smallest absolute Gasteiger partial charge is 0.250 e.